The lowest BCUT2D eigenvalue weighted by Crippen LogP contribution is -2.54. The molecule has 0 spiro atoms. The highest BCUT2D eigenvalue weighted by Crippen LogP contribution is 2.13. The van der Waals surface area contributed by atoms with E-state index in [0.717, 1.165) is 5.56 Å². The molecule has 35 heavy (non-hydrogen) atoms. The summed E-state index contributed by atoms with van der Waals surface area (Å²) in [6.45, 7) is 6.82. The second kappa shape index (κ2) is 13.8. The number of carbonyl (C=O) groups is 3. The van der Waals surface area contributed by atoms with Gasteiger partial charge in [0.25, 0.3) is 0 Å². The van der Waals surface area contributed by atoms with Gasteiger partial charge in [0.1, 0.15) is 6.04 Å². The standard InChI is InChI=1S/C28H36N3O4/c1-21(2)19-25(27(33)23-11-7-4-8-12-23)30-28(34)24(14-13-22-9-5-3-6-10-22)29-26(32)20-31-15-17-35-18-16-31/h3,5-12,21,24-25H,13-20H2,1-2H3,(H,29,32)(H,30,34)/t24-,25+/m0/s1. The Morgan fingerprint density at radius 1 is 0.971 bits per heavy atom. The fraction of sp³-hybridized carbons (Fsp3) is 0.464. The van der Waals surface area contributed by atoms with Crippen LogP contribution in [0.3, 0.4) is 0 Å². The number of nitrogens with one attached hydrogen (secondary N) is 2. The van der Waals surface area contributed by atoms with Gasteiger partial charge in [-0.3, -0.25) is 19.3 Å². The summed E-state index contributed by atoms with van der Waals surface area (Å²) >= 11 is 0. The van der Waals surface area contributed by atoms with E-state index in [0.29, 0.717) is 51.1 Å². The number of amides is 2. The van der Waals surface area contributed by atoms with Crippen molar-refractivity contribution in [2.24, 2.45) is 5.92 Å². The van der Waals surface area contributed by atoms with E-state index < -0.39 is 12.1 Å². The fourth-order valence-corrected chi connectivity index (χ4v) is 4.15. The summed E-state index contributed by atoms with van der Waals surface area (Å²) in [6.07, 6.45) is 1.58. The lowest BCUT2D eigenvalue weighted by atomic mass is 9.95. The van der Waals surface area contributed by atoms with E-state index in [-0.39, 0.29) is 30.1 Å². The van der Waals surface area contributed by atoms with Gasteiger partial charge in [-0.1, -0.05) is 68.4 Å². The number of ether oxygens (including phenoxy) is 1. The van der Waals surface area contributed by atoms with Gasteiger partial charge in [0, 0.05) is 18.7 Å². The summed E-state index contributed by atoms with van der Waals surface area (Å²) in [5.41, 5.74) is 1.62. The molecule has 1 fully saturated rings. The molecule has 1 heterocycles. The first-order valence-electron chi connectivity index (χ1n) is 12.4. The normalized spacial score (nSPS) is 15.9. The Morgan fingerprint density at radius 2 is 1.66 bits per heavy atom. The van der Waals surface area contributed by atoms with E-state index in [4.69, 9.17) is 4.74 Å². The third-order valence-corrected chi connectivity index (χ3v) is 6.03. The number of carbonyl (C=O) groups excluding carboxylic acids is 3. The van der Waals surface area contributed by atoms with E-state index in [9.17, 15) is 14.4 Å². The Hall–Kier alpha value is -3.03. The number of Topliss-reactive ketones (excluding diaryl/α,β-unsaturated/α-hetero) is 1. The molecule has 3 rings (SSSR count). The van der Waals surface area contributed by atoms with Crippen LogP contribution < -0.4 is 10.6 Å². The van der Waals surface area contributed by atoms with Crippen molar-refractivity contribution in [2.45, 2.75) is 45.2 Å². The van der Waals surface area contributed by atoms with Gasteiger partial charge in [-0.05, 0) is 36.8 Å². The number of rotatable bonds is 12. The summed E-state index contributed by atoms with van der Waals surface area (Å²) in [4.78, 5) is 41.4. The largest absolute Gasteiger partial charge is 0.379 e. The summed E-state index contributed by atoms with van der Waals surface area (Å²) in [7, 11) is 0. The molecule has 2 aromatic carbocycles. The van der Waals surface area contributed by atoms with Gasteiger partial charge in [0.05, 0.1) is 25.8 Å². The number of benzene rings is 2. The van der Waals surface area contributed by atoms with Crippen molar-refractivity contribution < 1.29 is 19.1 Å². The third-order valence-electron chi connectivity index (χ3n) is 6.03. The van der Waals surface area contributed by atoms with Crippen LogP contribution in [0.5, 0.6) is 0 Å². The van der Waals surface area contributed by atoms with Gasteiger partial charge in [-0.25, -0.2) is 0 Å². The topological polar surface area (TPSA) is 87.7 Å². The number of aryl methyl sites for hydroxylation is 1. The van der Waals surface area contributed by atoms with Gasteiger partial charge in [-0.15, -0.1) is 0 Å². The van der Waals surface area contributed by atoms with Crippen LogP contribution in [0.15, 0.2) is 54.6 Å². The number of nitrogens with zero attached hydrogens (tertiary/aromatic N) is 1. The highest BCUT2D eigenvalue weighted by atomic mass is 16.5. The summed E-state index contributed by atoms with van der Waals surface area (Å²) < 4.78 is 5.35. The first-order valence-corrected chi connectivity index (χ1v) is 12.4. The van der Waals surface area contributed by atoms with Crippen LogP contribution in [0.4, 0.5) is 0 Å². The SMILES string of the molecule is CC(C)C[C@@H](NC(=O)[C@H](CCc1ccccc1)NC(=O)CN1CCOCC1)C(=O)c1cc[c]cc1. The van der Waals surface area contributed by atoms with Crippen LogP contribution >= 0.6 is 0 Å². The molecule has 0 unspecified atom stereocenters. The van der Waals surface area contributed by atoms with Crippen LogP contribution in [-0.2, 0) is 20.7 Å². The molecule has 2 amide bonds. The van der Waals surface area contributed by atoms with Crippen molar-refractivity contribution >= 4 is 17.6 Å². The van der Waals surface area contributed by atoms with E-state index in [1.54, 1.807) is 24.3 Å². The highest BCUT2D eigenvalue weighted by Gasteiger charge is 2.28. The van der Waals surface area contributed by atoms with E-state index in [1.807, 2.05) is 49.1 Å². The average Bonchev–Trinajstić information content (AvgIpc) is 2.87. The second-order valence-corrected chi connectivity index (χ2v) is 9.38. The smallest absolute Gasteiger partial charge is 0.243 e. The third kappa shape index (κ3) is 8.92. The molecule has 1 radical (unpaired) electrons. The van der Waals surface area contributed by atoms with E-state index in [2.05, 4.69) is 16.7 Å². The lowest BCUT2D eigenvalue weighted by molar-refractivity contribution is -0.130. The predicted molar refractivity (Wildman–Crippen MR) is 135 cm³/mol. The number of hydrogen-bond donors (Lipinski definition) is 2. The molecular weight excluding hydrogens is 442 g/mol. The Balaban J connectivity index is 1.70. The molecule has 0 bridgehead atoms. The van der Waals surface area contributed by atoms with Gasteiger partial charge >= 0.3 is 0 Å². The number of hydrogen-bond acceptors (Lipinski definition) is 5. The van der Waals surface area contributed by atoms with Gasteiger partial charge < -0.3 is 15.4 Å². The van der Waals surface area contributed by atoms with E-state index >= 15 is 0 Å². The van der Waals surface area contributed by atoms with Crippen molar-refractivity contribution in [1.29, 1.82) is 0 Å². The quantitative estimate of drug-likeness (QED) is 0.458. The first-order chi connectivity index (χ1) is 16.9. The molecule has 2 aromatic rings. The summed E-state index contributed by atoms with van der Waals surface area (Å²) in [5, 5.41) is 5.87. The molecule has 1 saturated heterocycles. The monoisotopic (exact) mass is 478 g/mol. The molecular formula is C28H36N3O4. The van der Waals surface area contributed by atoms with Crippen molar-refractivity contribution in [3.8, 4) is 0 Å². The van der Waals surface area contributed by atoms with Crippen LogP contribution in [0.25, 0.3) is 0 Å². The Morgan fingerprint density at radius 3 is 2.31 bits per heavy atom. The van der Waals surface area contributed by atoms with Gasteiger partial charge in [0.15, 0.2) is 5.78 Å². The molecule has 7 heteroatoms. The molecule has 2 atom stereocenters. The summed E-state index contributed by atoms with van der Waals surface area (Å²) in [5.74, 6) is -0.469. The maximum Gasteiger partial charge on any atom is 0.243 e. The maximum atomic E-state index is 13.4. The van der Waals surface area contributed by atoms with E-state index in [1.165, 1.54) is 0 Å². The molecule has 0 aliphatic carbocycles. The molecule has 0 saturated carbocycles. The van der Waals surface area contributed by atoms with Crippen LogP contribution in [0.2, 0.25) is 0 Å². The number of morpholine rings is 1. The molecule has 0 aromatic heterocycles. The minimum Gasteiger partial charge on any atom is -0.379 e. The molecule has 2 N–H and O–H groups in total. The summed E-state index contributed by atoms with van der Waals surface area (Å²) in [6, 6.07) is 18.2. The van der Waals surface area contributed by atoms with Crippen molar-refractivity contribution in [3.05, 3.63) is 71.8 Å². The maximum absolute atomic E-state index is 13.4. The van der Waals surface area contributed by atoms with Gasteiger partial charge in [0.2, 0.25) is 11.8 Å². The Kier molecular flexibility index (Phi) is 10.4. The lowest BCUT2D eigenvalue weighted by Gasteiger charge is -2.28. The second-order valence-electron chi connectivity index (χ2n) is 9.38. The van der Waals surface area contributed by atoms with Crippen LogP contribution in [-0.4, -0.2) is 67.4 Å². The highest BCUT2D eigenvalue weighted by molar-refractivity contribution is 6.02. The Labute approximate surface area is 208 Å². The van der Waals surface area contributed by atoms with Crippen molar-refractivity contribution in [3.63, 3.8) is 0 Å². The molecule has 187 valence electrons. The number of ketones is 1. The zero-order valence-electron chi connectivity index (χ0n) is 20.7. The fourth-order valence-electron chi connectivity index (χ4n) is 4.15. The average molecular weight is 479 g/mol. The first kappa shape index (κ1) is 26.6. The minimum atomic E-state index is -0.740. The zero-order chi connectivity index (χ0) is 25.0. The van der Waals surface area contributed by atoms with Gasteiger partial charge in [-0.2, -0.15) is 0 Å². The minimum absolute atomic E-state index is 0.137. The molecule has 7 nitrogen and oxygen atoms in total. The van der Waals surface area contributed by atoms with Crippen molar-refractivity contribution in [2.75, 3.05) is 32.8 Å². The zero-order valence-corrected chi connectivity index (χ0v) is 20.7. The molecule has 1 aliphatic rings. The predicted octanol–water partition coefficient (Wildman–Crippen LogP) is 2.65. The Bertz CT molecular complexity index is 943. The van der Waals surface area contributed by atoms with Crippen molar-refractivity contribution in [1.82, 2.24) is 15.5 Å². The van der Waals surface area contributed by atoms with Crippen LogP contribution in [0.1, 0.15) is 42.6 Å². The molecule has 1 aliphatic heterocycles. The van der Waals surface area contributed by atoms with Crippen LogP contribution in [0, 0.1) is 12.0 Å².